The first-order chi connectivity index (χ1) is 8.57. The molecule has 0 atom stereocenters. The number of benzene rings is 1. The van der Waals surface area contributed by atoms with E-state index in [9.17, 15) is 15.0 Å². The molecule has 18 heavy (non-hydrogen) atoms. The number of hydrogen-bond donors (Lipinski definition) is 2. The van der Waals surface area contributed by atoms with Gasteiger partial charge >= 0.3 is 0 Å². The molecule has 0 spiro atoms. The number of rotatable bonds is 3. The van der Waals surface area contributed by atoms with Crippen molar-refractivity contribution in [2.24, 2.45) is 0 Å². The Labute approximate surface area is 105 Å². The van der Waals surface area contributed by atoms with Gasteiger partial charge in [-0.05, 0) is 17.7 Å². The SMILES string of the molecule is O=C(C=CC1=CCC(O)(O)C=C1)c1ccccc1. The van der Waals surface area contributed by atoms with E-state index in [0.717, 1.165) is 5.57 Å². The van der Waals surface area contributed by atoms with Gasteiger partial charge in [0.05, 0.1) is 0 Å². The fourth-order valence-electron chi connectivity index (χ4n) is 1.63. The average Bonchev–Trinajstić information content (AvgIpc) is 2.38. The molecule has 0 saturated heterocycles. The Morgan fingerprint density at radius 2 is 1.94 bits per heavy atom. The molecule has 1 aliphatic carbocycles. The minimum Gasteiger partial charge on any atom is -0.362 e. The van der Waals surface area contributed by atoms with E-state index in [1.54, 1.807) is 30.4 Å². The van der Waals surface area contributed by atoms with Gasteiger partial charge in [-0.15, -0.1) is 0 Å². The molecule has 1 aromatic carbocycles. The van der Waals surface area contributed by atoms with E-state index in [0.29, 0.717) is 5.56 Å². The molecule has 92 valence electrons. The molecule has 0 unspecified atom stereocenters. The Morgan fingerprint density at radius 3 is 2.56 bits per heavy atom. The first-order valence-corrected chi connectivity index (χ1v) is 5.68. The fraction of sp³-hybridized carbons (Fsp3) is 0.133. The molecule has 1 aliphatic rings. The molecule has 2 rings (SSSR count). The van der Waals surface area contributed by atoms with E-state index in [2.05, 4.69) is 0 Å². The quantitative estimate of drug-likeness (QED) is 0.484. The smallest absolute Gasteiger partial charge is 0.186 e. The summed E-state index contributed by atoms with van der Waals surface area (Å²) in [7, 11) is 0. The van der Waals surface area contributed by atoms with Crippen LogP contribution in [-0.2, 0) is 0 Å². The van der Waals surface area contributed by atoms with Gasteiger partial charge in [0.15, 0.2) is 11.6 Å². The van der Waals surface area contributed by atoms with Crippen molar-refractivity contribution in [1.82, 2.24) is 0 Å². The molecule has 3 nitrogen and oxygen atoms in total. The van der Waals surface area contributed by atoms with Gasteiger partial charge in [-0.25, -0.2) is 0 Å². The van der Waals surface area contributed by atoms with Gasteiger partial charge in [-0.2, -0.15) is 0 Å². The van der Waals surface area contributed by atoms with Crippen LogP contribution < -0.4 is 0 Å². The van der Waals surface area contributed by atoms with Crippen molar-refractivity contribution in [1.29, 1.82) is 0 Å². The number of aliphatic hydroxyl groups is 2. The van der Waals surface area contributed by atoms with Crippen LogP contribution in [-0.4, -0.2) is 21.8 Å². The van der Waals surface area contributed by atoms with E-state index in [1.807, 2.05) is 18.2 Å². The summed E-state index contributed by atoms with van der Waals surface area (Å²) >= 11 is 0. The molecule has 0 bridgehead atoms. The number of hydrogen-bond acceptors (Lipinski definition) is 3. The molecule has 2 N–H and O–H groups in total. The van der Waals surface area contributed by atoms with E-state index in [-0.39, 0.29) is 12.2 Å². The molecule has 3 heteroatoms. The lowest BCUT2D eigenvalue weighted by Gasteiger charge is -2.18. The van der Waals surface area contributed by atoms with Crippen molar-refractivity contribution in [3.8, 4) is 0 Å². The summed E-state index contributed by atoms with van der Waals surface area (Å²) < 4.78 is 0. The van der Waals surface area contributed by atoms with E-state index in [4.69, 9.17) is 0 Å². The molecule has 0 heterocycles. The second-order valence-corrected chi connectivity index (χ2v) is 4.18. The highest BCUT2D eigenvalue weighted by molar-refractivity contribution is 6.04. The molecule has 0 fully saturated rings. The standard InChI is InChI=1S/C15H14O3/c16-14(13-4-2-1-3-5-13)7-6-12-8-10-15(17,18)11-9-12/h1-10,17-18H,11H2. The maximum Gasteiger partial charge on any atom is 0.186 e. The third-order valence-corrected chi connectivity index (χ3v) is 2.67. The highest BCUT2D eigenvalue weighted by atomic mass is 16.5. The van der Waals surface area contributed by atoms with Crippen LogP contribution in [0.2, 0.25) is 0 Å². The van der Waals surface area contributed by atoms with Crippen LogP contribution in [0.1, 0.15) is 16.8 Å². The van der Waals surface area contributed by atoms with Gasteiger partial charge in [-0.3, -0.25) is 4.79 Å². The lowest BCUT2D eigenvalue weighted by molar-refractivity contribution is -0.115. The molecule has 0 aromatic heterocycles. The first kappa shape index (κ1) is 12.5. The summed E-state index contributed by atoms with van der Waals surface area (Å²) in [4.78, 5) is 11.8. The maximum absolute atomic E-state index is 11.8. The van der Waals surface area contributed by atoms with Gasteiger partial charge in [-0.1, -0.05) is 48.6 Å². The van der Waals surface area contributed by atoms with Gasteiger partial charge in [0, 0.05) is 12.0 Å². The second kappa shape index (κ2) is 5.12. The normalized spacial score (nSPS) is 17.8. The van der Waals surface area contributed by atoms with E-state index >= 15 is 0 Å². The summed E-state index contributed by atoms with van der Waals surface area (Å²) in [6, 6.07) is 8.99. The van der Waals surface area contributed by atoms with Gasteiger partial charge < -0.3 is 10.2 Å². The summed E-state index contributed by atoms with van der Waals surface area (Å²) in [5.74, 6) is -1.84. The summed E-state index contributed by atoms with van der Waals surface area (Å²) in [5.41, 5.74) is 1.42. The third kappa shape index (κ3) is 3.26. The van der Waals surface area contributed by atoms with Gasteiger partial charge in [0.25, 0.3) is 0 Å². The average molecular weight is 242 g/mol. The Bertz CT molecular complexity index is 522. The second-order valence-electron chi connectivity index (χ2n) is 4.18. The molecular formula is C15H14O3. The minimum atomic E-state index is -1.76. The van der Waals surface area contributed by atoms with Crippen LogP contribution in [0.5, 0.6) is 0 Å². The first-order valence-electron chi connectivity index (χ1n) is 5.68. The topological polar surface area (TPSA) is 57.5 Å². The lowest BCUT2D eigenvalue weighted by atomic mass is 10.0. The number of carbonyl (C=O) groups is 1. The Morgan fingerprint density at radius 1 is 1.22 bits per heavy atom. The summed E-state index contributed by atoms with van der Waals surface area (Å²) in [6.07, 6.45) is 7.84. The van der Waals surface area contributed by atoms with Crippen molar-refractivity contribution >= 4 is 5.78 Å². The zero-order valence-electron chi connectivity index (χ0n) is 9.78. The molecule has 0 saturated carbocycles. The maximum atomic E-state index is 11.8. The Hall–Kier alpha value is -1.97. The van der Waals surface area contributed by atoms with Crippen LogP contribution in [0.4, 0.5) is 0 Å². The molecular weight excluding hydrogens is 228 g/mol. The van der Waals surface area contributed by atoms with E-state index in [1.165, 1.54) is 12.2 Å². The minimum absolute atomic E-state index is 0.0743. The summed E-state index contributed by atoms with van der Waals surface area (Å²) in [6.45, 7) is 0. The zero-order valence-corrected chi connectivity index (χ0v) is 9.78. The highest BCUT2D eigenvalue weighted by Gasteiger charge is 2.19. The number of carbonyl (C=O) groups excluding carboxylic acids is 1. The van der Waals surface area contributed by atoms with Crippen molar-refractivity contribution in [2.75, 3.05) is 0 Å². The summed E-state index contributed by atoms with van der Waals surface area (Å²) in [5, 5.41) is 18.6. The van der Waals surface area contributed by atoms with Crippen molar-refractivity contribution < 1.29 is 15.0 Å². The van der Waals surface area contributed by atoms with Crippen molar-refractivity contribution in [3.05, 3.63) is 71.8 Å². The van der Waals surface area contributed by atoms with Crippen molar-refractivity contribution in [3.63, 3.8) is 0 Å². The Kier molecular flexibility index (Phi) is 3.55. The molecule has 0 amide bonds. The Balaban J connectivity index is 2.03. The van der Waals surface area contributed by atoms with Crippen LogP contribution in [0, 0.1) is 0 Å². The lowest BCUT2D eigenvalue weighted by Crippen LogP contribution is -2.25. The van der Waals surface area contributed by atoms with Crippen LogP contribution >= 0.6 is 0 Å². The van der Waals surface area contributed by atoms with Crippen LogP contribution in [0.15, 0.2) is 66.3 Å². The van der Waals surface area contributed by atoms with Crippen molar-refractivity contribution in [2.45, 2.75) is 12.2 Å². The van der Waals surface area contributed by atoms with Gasteiger partial charge in [0.1, 0.15) is 0 Å². The van der Waals surface area contributed by atoms with Gasteiger partial charge in [0.2, 0.25) is 0 Å². The zero-order chi connectivity index (χ0) is 13.0. The number of allylic oxidation sites excluding steroid dienone is 4. The fourth-order valence-corrected chi connectivity index (χ4v) is 1.63. The molecule has 0 radical (unpaired) electrons. The predicted molar refractivity (Wildman–Crippen MR) is 68.9 cm³/mol. The third-order valence-electron chi connectivity index (χ3n) is 2.67. The monoisotopic (exact) mass is 242 g/mol. The number of ketones is 1. The predicted octanol–water partition coefficient (Wildman–Crippen LogP) is 1.99. The molecule has 1 aromatic rings. The largest absolute Gasteiger partial charge is 0.362 e. The highest BCUT2D eigenvalue weighted by Crippen LogP contribution is 2.18. The van der Waals surface area contributed by atoms with Crippen LogP contribution in [0.25, 0.3) is 0 Å². The van der Waals surface area contributed by atoms with E-state index < -0.39 is 5.79 Å². The van der Waals surface area contributed by atoms with Crippen LogP contribution in [0.3, 0.4) is 0 Å². The molecule has 0 aliphatic heterocycles.